The summed E-state index contributed by atoms with van der Waals surface area (Å²) in [4.78, 5) is 16.1. The Hall–Kier alpha value is -2.56. The minimum atomic E-state index is 0.406. The first kappa shape index (κ1) is 12.9. The number of aliphatic imine (C=N–C) groups is 2. The standard InChI is InChI=1S/C14H14N4O/c1-10-6-13-11(8-17-9-18-13)4-5-12(7-15-2)14(16-3)19-10/h4,6-9H,1,3,5H2,2H3/b11-4-,13-6+,14-12+,15-7?. The lowest BCUT2D eigenvalue weighted by Crippen LogP contribution is -2.28. The van der Waals surface area contributed by atoms with E-state index in [1.807, 2.05) is 6.08 Å². The van der Waals surface area contributed by atoms with Crippen molar-refractivity contribution in [1.29, 1.82) is 0 Å². The highest BCUT2D eigenvalue weighted by Crippen LogP contribution is 2.15. The number of aromatic nitrogens is 2. The minimum absolute atomic E-state index is 0.406. The van der Waals surface area contributed by atoms with Crippen molar-refractivity contribution in [3.63, 3.8) is 0 Å². The monoisotopic (exact) mass is 254 g/mol. The van der Waals surface area contributed by atoms with E-state index in [0.29, 0.717) is 18.1 Å². The summed E-state index contributed by atoms with van der Waals surface area (Å²) in [5.74, 6) is 0.850. The van der Waals surface area contributed by atoms with Gasteiger partial charge in [0.1, 0.15) is 12.1 Å². The van der Waals surface area contributed by atoms with E-state index in [-0.39, 0.29) is 0 Å². The van der Waals surface area contributed by atoms with Crippen molar-refractivity contribution in [2.45, 2.75) is 6.42 Å². The van der Waals surface area contributed by atoms with Crippen LogP contribution < -0.4 is 10.6 Å². The third-order valence-corrected chi connectivity index (χ3v) is 2.54. The van der Waals surface area contributed by atoms with E-state index in [2.05, 4.69) is 33.2 Å². The average molecular weight is 254 g/mol. The Morgan fingerprint density at radius 3 is 3.05 bits per heavy atom. The van der Waals surface area contributed by atoms with E-state index in [1.165, 1.54) is 6.33 Å². The van der Waals surface area contributed by atoms with E-state index in [0.717, 1.165) is 16.1 Å². The zero-order chi connectivity index (χ0) is 13.7. The first-order valence-corrected chi connectivity index (χ1v) is 5.71. The van der Waals surface area contributed by atoms with Crippen LogP contribution in [0.4, 0.5) is 0 Å². The van der Waals surface area contributed by atoms with Crippen LogP contribution in [0, 0.1) is 0 Å². The normalized spacial score (nSPS) is 22.9. The molecule has 2 rings (SSSR count). The number of hydrogen-bond acceptors (Lipinski definition) is 5. The van der Waals surface area contributed by atoms with E-state index >= 15 is 0 Å². The highest BCUT2D eigenvalue weighted by molar-refractivity contribution is 5.81. The number of nitrogens with zero attached hydrogens (tertiary/aromatic N) is 4. The van der Waals surface area contributed by atoms with Gasteiger partial charge in [-0.2, -0.15) is 0 Å². The Morgan fingerprint density at radius 2 is 2.32 bits per heavy atom. The molecule has 0 radical (unpaired) electrons. The highest BCUT2D eigenvalue weighted by Gasteiger charge is 2.07. The van der Waals surface area contributed by atoms with Gasteiger partial charge in [-0.25, -0.2) is 15.0 Å². The number of ether oxygens (including phenoxy) is 1. The molecule has 2 heterocycles. The quantitative estimate of drug-likeness (QED) is 0.725. The summed E-state index contributed by atoms with van der Waals surface area (Å²) >= 11 is 0. The van der Waals surface area contributed by atoms with Gasteiger partial charge in [0.05, 0.1) is 5.35 Å². The predicted molar refractivity (Wildman–Crippen MR) is 76.0 cm³/mol. The van der Waals surface area contributed by atoms with Gasteiger partial charge in [-0.1, -0.05) is 12.7 Å². The molecule has 96 valence electrons. The molecule has 0 saturated heterocycles. The maximum absolute atomic E-state index is 5.57. The van der Waals surface area contributed by atoms with E-state index < -0.39 is 0 Å². The fourth-order valence-electron chi connectivity index (χ4n) is 1.70. The molecule has 1 aliphatic rings. The Kier molecular flexibility index (Phi) is 3.97. The van der Waals surface area contributed by atoms with Gasteiger partial charge in [0.2, 0.25) is 5.88 Å². The molecule has 1 aromatic rings. The summed E-state index contributed by atoms with van der Waals surface area (Å²) < 4.78 is 5.57. The Balaban J connectivity index is 2.62. The lowest BCUT2D eigenvalue weighted by molar-refractivity contribution is 0.322. The van der Waals surface area contributed by atoms with Crippen LogP contribution in [0.2, 0.25) is 0 Å². The molecule has 0 spiro atoms. The van der Waals surface area contributed by atoms with Crippen molar-refractivity contribution in [3.05, 3.63) is 46.9 Å². The Morgan fingerprint density at radius 1 is 1.47 bits per heavy atom. The molecule has 0 unspecified atom stereocenters. The van der Waals surface area contributed by atoms with Crippen LogP contribution in [0.3, 0.4) is 0 Å². The first-order valence-electron chi connectivity index (χ1n) is 5.71. The van der Waals surface area contributed by atoms with Crippen LogP contribution in [-0.4, -0.2) is 29.9 Å². The molecule has 5 nitrogen and oxygen atoms in total. The Labute approximate surface area is 111 Å². The third kappa shape index (κ3) is 3.01. The van der Waals surface area contributed by atoms with Crippen LogP contribution in [0.15, 0.2) is 46.3 Å². The zero-order valence-electron chi connectivity index (χ0n) is 10.7. The smallest absolute Gasteiger partial charge is 0.223 e. The van der Waals surface area contributed by atoms with Crippen LogP contribution in [0.5, 0.6) is 0 Å². The van der Waals surface area contributed by atoms with Crippen LogP contribution in [-0.2, 0) is 4.74 Å². The number of rotatable bonds is 2. The summed E-state index contributed by atoms with van der Waals surface area (Å²) in [6.45, 7) is 7.34. The van der Waals surface area contributed by atoms with Crippen LogP contribution in [0.25, 0.3) is 12.2 Å². The fraction of sp³-hybridized carbons (Fsp3) is 0.143. The maximum Gasteiger partial charge on any atom is 0.223 e. The van der Waals surface area contributed by atoms with Crippen molar-refractivity contribution in [3.8, 4) is 0 Å². The van der Waals surface area contributed by atoms with Gasteiger partial charge >= 0.3 is 0 Å². The molecule has 0 amide bonds. The van der Waals surface area contributed by atoms with Crippen molar-refractivity contribution in [2.75, 3.05) is 7.05 Å². The molecule has 0 atom stereocenters. The maximum atomic E-state index is 5.57. The summed E-state index contributed by atoms with van der Waals surface area (Å²) in [5, 5.41) is 1.68. The van der Waals surface area contributed by atoms with E-state index in [1.54, 1.807) is 25.5 Å². The molecule has 0 aliphatic carbocycles. The molecule has 0 saturated carbocycles. The molecule has 0 N–H and O–H groups in total. The highest BCUT2D eigenvalue weighted by atomic mass is 16.5. The molecule has 5 heteroatoms. The molecular weight excluding hydrogens is 240 g/mol. The third-order valence-electron chi connectivity index (χ3n) is 2.54. The van der Waals surface area contributed by atoms with Gasteiger partial charge in [0.25, 0.3) is 0 Å². The summed E-state index contributed by atoms with van der Waals surface area (Å²) in [6, 6.07) is 0. The first-order chi connectivity index (χ1) is 9.24. The second kappa shape index (κ2) is 5.86. The molecule has 19 heavy (non-hydrogen) atoms. The summed E-state index contributed by atoms with van der Waals surface area (Å²) in [6.07, 6.45) is 9.28. The Bertz CT molecular complexity index is 686. The van der Waals surface area contributed by atoms with E-state index in [9.17, 15) is 0 Å². The van der Waals surface area contributed by atoms with Gasteiger partial charge in [-0.05, 0) is 13.1 Å². The number of hydrogen-bond donors (Lipinski definition) is 0. The second-order valence-corrected chi connectivity index (χ2v) is 3.86. The number of allylic oxidation sites excluding steroid dienone is 2. The van der Waals surface area contributed by atoms with E-state index in [4.69, 9.17) is 4.74 Å². The minimum Gasteiger partial charge on any atom is -0.439 e. The summed E-state index contributed by atoms with van der Waals surface area (Å²) in [7, 11) is 1.69. The summed E-state index contributed by atoms with van der Waals surface area (Å²) in [5.41, 5.74) is 0.823. The second-order valence-electron chi connectivity index (χ2n) is 3.86. The molecular formula is C14H14N4O. The van der Waals surface area contributed by atoms with Gasteiger partial charge < -0.3 is 4.74 Å². The molecule has 0 fully saturated rings. The van der Waals surface area contributed by atoms with Crippen LogP contribution in [0.1, 0.15) is 6.42 Å². The predicted octanol–water partition coefficient (Wildman–Crippen LogP) is 0.584. The van der Waals surface area contributed by atoms with Crippen molar-refractivity contribution >= 4 is 25.1 Å². The van der Waals surface area contributed by atoms with Gasteiger partial charge in [0, 0.05) is 36.3 Å². The van der Waals surface area contributed by atoms with Crippen molar-refractivity contribution < 1.29 is 4.74 Å². The van der Waals surface area contributed by atoms with Gasteiger partial charge in [0.15, 0.2) is 0 Å². The van der Waals surface area contributed by atoms with Gasteiger partial charge in [-0.3, -0.25) is 4.99 Å². The molecule has 1 aromatic heterocycles. The van der Waals surface area contributed by atoms with Crippen LogP contribution >= 0.6 is 0 Å². The lowest BCUT2D eigenvalue weighted by atomic mass is 10.2. The zero-order valence-corrected chi connectivity index (χ0v) is 10.7. The topological polar surface area (TPSA) is 59.7 Å². The average Bonchev–Trinajstić information content (AvgIpc) is 2.48. The SMILES string of the molecule is C=N/C1=C(\C=NC)C/C=c2/cncn/c2=C/C(=C)O1. The van der Waals surface area contributed by atoms with Crippen molar-refractivity contribution in [2.24, 2.45) is 9.98 Å². The molecule has 0 bridgehead atoms. The fourth-order valence-corrected chi connectivity index (χ4v) is 1.70. The van der Waals surface area contributed by atoms with Gasteiger partial charge in [-0.15, -0.1) is 0 Å². The lowest BCUT2D eigenvalue weighted by Gasteiger charge is -2.07. The van der Waals surface area contributed by atoms with Crippen molar-refractivity contribution in [1.82, 2.24) is 9.97 Å². The molecule has 0 aromatic carbocycles. The number of fused-ring (bicyclic) bond motifs is 1. The largest absolute Gasteiger partial charge is 0.439 e. The molecule has 1 aliphatic heterocycles.